The molecule has 0 bridgehead atoms. The molecule has 4 nitrogen and oxygen atoms in total. The zero-order chi connectivity index (χ0) is 22.4. The van der Waals surface area contributed by atoms with Crippen LogP contribution in [0, 0.1) is 11.8 Å². The van der Waals surface area contributed by atoms with E-state index < -0.39 is 10.8 Å². The lowest BCUT2D eigenvalue weighted by Gasteiger charge is -2.39. The predicted molar refractivity (Wildman–Crippen MR) is 119 cm³/mol. The standard InChI is InChI=1S/C26H34O4/c1-15-7-9-17(11-21(15)27)25(3,4)19-13-24(30)20(14-23(19)29)26(5,6)18-10-8-16(2)22(28)12-18/h7-8,13-14,17-18,29-30H,9-12H2,1-6H3. The minimum atomic E-state index is -0.474. The lowest BCUT2D eigenvalue weighted by Crippen LogP contribution is -2.34. The maximum absolute atomic E-state index is 12.2. The number of hydrogen-bond donors (Lipinski definition) is 2. The van der Waals surface area contributed by atoms with Crippen LogP contribution in [-0.4, -0.2) is 21.8 Å². The van der Waals surface area contributed by atoms with E-state index in [9.17, 15) is 19.8 Å². The van der Waals surface area contributed by atoms with Crippen LogP contribution < -0.4 is 0 Å². The van der Waals surface area contributed by atoms with E-state index in [-0.39, 0.29) is 34.9 Å². The van der Waals surface area contributed by atoms with E-state index in [0.717, 1.165) is 24.0 Å². The van der Waals surface area contributed by atoms with Gasteiger partial charge in [0.15, 0.2) is 11.6 Å². The molecule has 0 fully saturated rings. The van der Waals surface area contributed by atoms with E-state index in [0.29, 0.717) is 24.0 Å². The van der Waals surface area contributed by atoms with E-state index in [1.54, 1.807) is 12.1 Å². The second-order valence-electron chi connectivity index (χ2n) is 10.2. The van der Waals surface area contributed by atoms with Crippen molar-refractivity contribution in [1.29, 1.82) is 0 Å². The highest BCUT2D eigenvalue weighted by Crippen LogP contribution is 2.48. The first-order valence-electron chi connectivity index (χ1n) is 10.8. The summed E-state index contributed by atoms with van der Waals surface area (Å²) in [5.74, 6) is 0.669. The molecule has 0 heterocycles. The van der Waals surface area contributed by atoms with Crippen LogP contribution in [0.2, 0.25) is 0 Å². The molecule has 2 aliphatic carbocycles. The second-order valence-corrected chi connectivity index (χ2v) is 10.2. The largest absolute Gasteiger partial charge is 0.508 e. The van der Waals surface area contributed by atoms with Crippen molar-refractivity contribution >= 4 is 11.6 Å². The molecule has 0 saturated carbocycles. The average Bonchev–Trinajstić information content (AvgIpc) is 2.67. The summed E-state index contributed by atoms with van der Waals surface area (Å²) in [6.45, 7) is 11.8. The Morgan fingerprint density at radius 2 is 1.07 bits per heavy atom. The van der Waals surface area contributed by atoms with Crippen LogP contribution in [0.5, 0.6) is 11.5 Å². The number of hydrogen-bond acceptors (Lipinski definition) is 4. The van der Waals surface area contributed by atoms with Crippen molar-refractivity contribution in [1.82, 2.24) is 0 Å². The fourth-order valence-electron chi connectivity index (χ4n) is 4.95. The van der Waals surface area contributed by atoms with Crippen molar-refractivity contribution in [3.05, 3.63) is 46.6 Å². The molecule has 162 valence electrons. The van der Waals surface area contributed by atoms with Gasteiger partial charge in [-0.3, -0.25) is 9.59 Å². The monoisotopic (exact) mass is 410 g/mol. The van der Waals surface area contributed by atoms with Crippen LogP contribution in [-0.2, 0) is 20.4 Å². The van der Waals surface area contributed by atoms with Gasteiger partial charge >= 0.3 is 0 Å². The lowest BCUT2D eigenvalue weighted by atomic mass is 9.65. The van der Waals surface area contributed by atoms with Gasteiger partial charge in [-0.05, 0) is 72.6 Å². The Morgan fingerprint density at radius 1 is 0.733 bits per heavy atom. The molecule has 30 heavy (non-hydrogen) atoms. The summed E-state index contributed by atoms with van der Waals surface area (Å²) in [7, 11) is 0. The Bertz CT molecular complexity index is 868. The second kappa shape index (κ2) is 7.72. The van der Waals surface area contributed by atoms with Gasteiger partial charge in [0.25, 0.3) is 0 Å². The number of benzene rings is 1. The third kappa shape index (κ3) is 3.84. The summed E-state index contributed by atoms with van der Waals surface area (Å²) < 4.78 is 0. The maximum atomic E-state index is 12.2. The zero-order valence-corrected chi connectivity index (χ0v) is 19.0. The van der Waals surface area contributed by atoms with Crippen molar-refractivity contribution in [2.24, 2.45) is 11.8 Å². The third-order valence-electron chi connectivity index (χ3n) is 7.70. The molecule has 0 aromatic heterocycles. The van der Waals surface area contributed by atoms with Gasteiger partial charge in [0.05, 0.1) is 0 Å². The van der Waals surface area contributed by atoms with Gasteiger partial charge in [0.1, 0.15) is 11.5 Å². The van der Waals surface area contributed by atoms with Crippen LogP contribution in [0.3, 0.4) is 0 Å². The predicted octanol–water partition coefficient (Wildman–Crippen LogP) is 5.50. The fourth-order valence-corrected chi connectivity index (χ4v) is 4.95. The SMILES string of the molecule is CC1=CCC(C(C)(C)c2cc(O)c(C(C)(C)C3CC=C(C)C(=O)C3)cc2O)CC1=O. The Balaban J connectivity index is 1.96. The number of allylic oxidation sites excluding steroid dienone is 4. The summed E-state index contributed by atoms with van der Waals surface area (Å²) in [5.41, 5.74) is 1.96. The van der Waals surface area contributed by atoms with Gasteiger partial charge < -0.3 is 10.2 Å². The first kappa shape index (κ1) is 22.3. The highest BCUT2D eigenvalue weighted by atomic mass is 16.3. The molecule has 0 amide bonds. The van der Waals surface area contributed by atoms with E-state index in [4.69, 9.17) is 0 Å². The fraction of sp³-hybridized carbons (Fsp3) is 0.538. The Labute approximate surface area is 179 Å². The van der Waals surface area contributed by atoms with Crippen LogP contribution in [0.4, 0.5) is 0 Å². The number of ketones is 2. The van der Waals surface area contributed by atoms with E-state index in [2.05, 4.69) is 0 Å². The van der Waals surface area contributed by atoms with Crippen LogP contribution in [0.25, 0.3) is 0 Å². The van der Waals surface area contributed by atoms with Gasteiger partial charge in [-0.2, -0.15) is 0 Å². The Morgan fingerprint density at radius 3 is 1.37 bits per heavy atom. The van der Waals surface area contributed by atoms with Gasteiger partial charge in [-0.25, -0.2) is 0 Å². The quantitative estimate of drug-likeness (QED) is 0.642. The number of aromatic hydroxyl groups is 2. The summed E-state index contributed by atoms with van der Waals surface area (Å²) >= 11 is 0. The van der Waals surface area contributed by atoms with E-state index >= 15 is 0 Å². The van der Waals surface area contributed by atoms with Crippen LogP contribution >= 0.6 is 0 Å². The molecule has 2 atom stereocenters. The molecule has 2 unspecified atom stereocenters. The van der Waals surface area contributed by atoms with Crippen molar-refractivity contribution in [3.63, 3.8) is 0 Å². The van der Waals surface area contributed by atoms with Crippen LogP contribution in [0.1, 0.15) is 78.4 Å². The summed E-state index contributed by atoms with van der Waals surface area (Å²) in [6, 6.07) is 3.32. The number of phenols is 2. The number of Topliss-reactive ketones (excluding diaryl/α,β-unsaturated/α-hetero) is 2. The number of phenolic OH excluding ortho intramolecular Hbond substituents is 2. The maximum Gasteiger partial charge on any atom is 0.158 e. The summed E-state index contributed by atoms with van der Waals surface area (Å²) in [6.07, 6.45) is 6.38. The van der Waals surface area contributed by atoms with Gasteiger partial charge in [0.2, 0.25) is 0 Å². The average molecular weight is 411 g/mol. The highest BCUT2D eigenvalue weighted by Gasteiger charge is 2.40. The Kier molecular flexibility index (Phi) is 5.74. The molecule has 0 aliphatic heterocycles. The van der Waals surface area contributed by atoms with Crippen molar-refractivity contribution in [2.75, 3.05) is 0 Å². The van der Waals surface area contributed by atoms with Gasteiger partial charge in [-0.1, -0.05) is 39.8 Å². The molecule has 1 aromatic rings. The third-order valence-corrected chi connectivity index (χ3v) is 7.70. The number of carbonyl (C=O) groups is 2. The molecule has 3 rings (SSSR count). The molecule has 2 N–H and O–H groups in total. The minimum Gasteiger partial charge on any atom is -0.508 e. The molecule has 1 aromatic carbocycles. The Hall–Kier alpha value is -2.36. The van der Waals surface area contributed by atoms with Gasteiger partial charge in [0, 0.05) is 24.0 Å². The topological polar surface area (TPSA) is 74.6 Å². The molecular weight excluding hydrogens is 376 g/mol. The lowest BCUT2D eigenvalue weighted by molar-refractivity contribution is -0.118. The van der Waals surface area contributed by atoms with Crippen molar-refractivity contribution in [2.45, 2.75) is 78.1 Å². The zero-order valence-electron chi connectivity index (χ0n) is 19.0. The highest BCUT2D eigenvalue weighted by molar-refractivity contribution is 5.96. The molecule has 0 radical (unpaired) electrons. The normalized spacial score (nSPS) is 23.3. The summed E-state index contributed by atoms with van der Waals surface area (Å²) in [4.78, 5) is 24.5. The molecule has 4 heteroatoms. The van der Waals surface area contributed by atoms with E-state index in [1.807, 2.05) is 53.7 Å². The number of rotatable bonds is 4. The first-order valence-corrected chi connectivity index (χ1v) is 10.8. The molecule has 2 aliphatic rings. The smallest absolute Gasteiger partial charge is 0.158 e. The first-order chi connectivity index (χ1) is 13.9. The minimum absolute atomic E-state index is 0.0574. The van der Waals surface area contributed by atoms with Gasteiger partial charge in [-0.15, -0.1) is 0 Å². The van der Waals surface area contributed by atoms with Crippen LogP contribution in [0.15, 0.2) is 35.4 Å². The number of carbonyl (C=O) groups excluding carboxylic acids is 2. The van der Waals surface area contributed by atoms with E-state index in [1.165, 1.54) is 0 Å². The molecular formula is C26H34O4. The summed E-state index contributed by atoms with van der Waals surface area (Å²) in [5, 5.41) is 21.9. The molecule has 0 spiro atoms. The van der Waals surface area contributed by atoms with Crippen molar-refractivity contribution < 1.29 is 19.8 Å². The molecule has 0 saturated heterocycles. The van der Waals surface area contributed by atoms with Crippen molar-refractivity contribution in [3.8, 4) is 11.5 Å².